The van der Waals surface area contributed by atoms with Gasteiger partial charge in [-0.05, 0) is 30.5 Å². The molecule has 2 N–H and O–H groups in total. The lowest BCUT2D eigenvalue weighted by Crippen LogP contribution is -2.53. The quantitative estimate of drug-likeness (QED) is 0.884. The molecular weight excluding hydrogens is 266 g/mol. The van der Waals surface area contributed by atoms with Crippen LogP contribution < -0.4 is 10.6 Å². The summed E-state index contributed by atoms with van der Waals surface area (Å²) in [5, 5.41) is 5.67. The molecule has 2 rings (SSSR count). The molecule has 5 nitrogen and oxygen atoms in total. The number of nitrogens with zero attached hydrogens (tertiary/aromatic N) is 1. The van der Waals surface area contributed by atoms with Crippen LogP contribution in [0.25, 0.3) is 0 Å². The van der Waals surface area contributed by atoms with Gasteiger partial charge in [0.15, 0.2) is 0 Å². The van der Waals surface area contributed by atoms with Gasteiger partial charge in [0.05, 0.1) is 12.6 Å². The molecule has 1 fully saturated rings. The molecule has 5 heteroatoms. The van der Waals surface area contributed by atoms with Crippen molar-refractivity contribution in [2.75, 3.05) is 25.0 Å². The molecule has 0 saturated carbocycles. The topological polar surface area (TPSA) is 61.4 Å². The molecule has 0 aromatic heterocycles. The average Bonchev–Trinajstić information content (AvgIpc) is 2.47. The van der Waals surface area contributed by atoms with Crippen LogP contribution in [0.4, 0.5) is 5.69 Å². The lowest BCUT2D eigenvalue weighted by molar-refractivity contribution is -0.127. The van der Waals surface area contributed by atoms with Gasteiger partial charge in [0, 0.05) is 18.8 Å². The zero-order valence-electron chi connectivity index (χ0n) is 12.8. The van der Waals surface area contributed by atoms with Crippen LogP contribution >= 0.6 is 0 Å². The highest BCUT2D eigenvalue weighted by atomic mass is 16.2. The van der Waals surface area contributed by atoms with Crippen molar-refractivity contribution >= 4 is 17.5 Å². The Hall–Kier alpha value is -1.88. The maximum absolute atomic E-state index is 12.3. The summed E-state index contributed by atoms with van der Waals surface area (Å²) in [6.45, 7) is 7.68. The molecule has 2 amide bonds. The van der Waals surface area contributed by atoms with Gasteiger partial charge >= 0.3 is 0 Å². The van der Waals surface area contributed by atoms with Crippen LogP contribution in [0.5, 0.6) is 0 Å². The Labute approximate surface area is 125 Å². The highest BCUT2D eigenvalue weighted by Gasteiger charge is 2.25. The summed E-state index contributed by atoms with van der Waals surface area (Å²) < 4.78 is 0. The van der Waals surface area contributed by atoms with E-state index in [1.165, 1.54) is 5.56 Å². The SMILES string of the molecule is CC(C)c1ccc(NC(=O)[C@H](C)N2CCNC(=O)C2)cc1. The number of nitrogens with one attached hydrogen (secondary N) is 2. The fourth-order valence-corrected chi connectivity index (χ4v) is 2.35. The smallest absolute Gasteiger partial charge is 0.241 e. The maximum Gasteiger partial charge on any atom is 0.241 e. The summed E-state index contributed by atoms with van der Waals surface area (Å²) in [5.74, 6) is 0.365. The van der Waals surface area contributed by atoms with Gasteiger partial charge in [0.2, 0.25) is 11.8 Å². The van der Waals surface area contributed by atoms with Crippen molar-refractivity contribution in [1.29, 1.82) is 0 Å². The summed E-state index contributed by atoms with van der Waals surface area (Å²) >= 11 is 0. The highest BCUT2D eigenvalue weighted by Crippen LogP contribution is 2.17. The number of rotatable bonds is 4. The zero-order chi connectivity index (χ0) is 15.4. The number of carbonyl (C=O) groups excluding carboxylic acids is 2. The van der Waals surface area contributed by atoms with Gasteiger partial charge < -0.3 is 10.6 Å². The first-order chi connectivity index (χ1) is 9.97. The average molecular weight is 289 g/mol. The maximum atomic E-state index is 12.3. The third-order valence-corrected chi connectivity index (χ3v) is 3.84. The van der Waals surface area contributed by atoms with Gasteiger partial charge in [0.25, 0.3) is 0 Å². The molecule has 0 unspecified atom stereocenters. The molecule has 1 aromatic rings. The lowest BCUT2D eigenvalue weighted by atomic mass is 10.0. The Kier molecular flexibility index (Phi) is 4.96. The molecule has 0 spiro atoms. The number of hydrogen-bond acceptors (Lipinski definition) is 3. The number of benzene rings is 1. The second kappa shape index (κ2) is 6.72. The number of piperazine rings is 1. The van der Waals surface area contributed by atoms with Crippen LogP contribution in [0.15, 0.2) is 24.3 Å². The number of anilines is 1. The summed E-state index contributed by atoms with van der Waals surface area (Å²) in [4.78, 5) is 25.5. The molecule has 1 saturated heterocycles. The van der Waals surface area contributed by atoms with Gasteiger partial charge in [-0.3, -0.25) is 14.5 Å². The first-order valence-corrected chi connectivity index (χ1v) is 7.39. The molecule has 114 valence electrons. The van der Waals surface area contributed by atoms with E-state index in [2.05, 4.69) is 24.5 Å². The second-order valence-corrected chi connectivity index (χ2v) is 5.76. The molecule has 0 radical (unpaired) electrons. The first kappa shape index (κ1) is 15.5. The van der Waals surface area contributed by atoms with E-state index in [4.69, 9.17) is 0 Å². The Morgan fingerprint density at radius 2 is 1.90 bits per heavy atom. The monoisotopic (exact) mass is 289 g/mol. The molecular formula is C16H23N3O2. The fraction of sp³-hybridized carbons (Fsp3) is 0.500. The summed E-state index contributed by atoms with van der Waals surface area (Å²) in [7, 11) is 0. The van der Waals surface area contributed by atoms with Crippen molar-refractivity contribution in [3.05, 3.63) is 29.8 Å². The Balaban J connectivity index is 1.95. The third-order valence-electron chi connectivity index (χ3n) is 3.84. The van der Waals surface area contributed by atoms with Gasteiger partial charge in [-0.2, -0.15) is 0 Å². The molecule has 1 aromatic carbocycles. The van der Waals surface area contributed by atoms with E-state index >= 15 is 0 Å². The Morgan fingerprint density at radius 1 is 1.24 bits per heavy atom. The molecule has 1 aliphatic heterocycles. The van der Waals surface area contributed by atoms with Crippen LogP contribution in [0.3, 0.4) is 0 Å². The van der Waals surface area contributed by atoms with E-state index in [1.807, 2.05) is 36.1 Å². The minimum atomic E-state index is -0.319. The molecule has 0 aliphatic carbocycles. The van der Waals surface area contributed by atoms with Gasteiger partial charge in [-0.1, -0.05) is 26.0 Å². The van der Waals surface area contributed by atoms with Crippen molar-refractivity contribution in [2.24, 2.45) is 0 Å². The molecule has 1 atom stereocenters. The van der Waals surface area contributed by atoms with Crippen LogP contribution in [0, 0.1) is 0 Å². The van der Waals surface area contributed by atoms with Crippen molar-refractivity contribution in [3.63, 3.8) is 0 Å². The number of carbonyl (C=O) groups is 2. The van der Waals surface area contributed by atoms with E-state index in [9.17, 15) is 9.59 Å². The zero-order valence-corrected chi connectivity index (χ0v) is 12.8. The van der Waals surface area contributed by atoms with Crippen molar-refractivity contribution in [1.82, 2.24) is 10.2 Å². The molecule has 21 heavy (non-hydrogen) atoms. The van der Waals surface area contributed by atoms with Crippen LogP contribution in [0.2, 0.25) is 0 Å². The van der Waals surface area contributed by atoms with E-state index in [-0.39, 0.29) is 24.4 Å². The standard InChI is InChI=1S/C16H23N3O2/c1-11(2)13-4-6-14(7-5-13)18-16(21)12(3)19-9-8-17-15(20)10-19/h4-7,11-12H,8-10H2,1-3H3,(H,17,20)(H,18,21)/t12-/m0/s1. The normalized spacial score (nSPS) is 17.4. The minimum absolute atomic E-state index is 0.0258. The number of hydrogen-bond donors (Lipinski definition) is 2. The van der Waals surface area contributed by atoms with Crippen LogP contribution in [-0.2, 0) is 9.59 Å². The van der Waals surface area contributed by atoms with Crippen molar-refractivity contribution < 1.29 is 9.59 Å². The molecule has 1 aliphatic rings. The minimum Gasteiger partial charge on any atom is -0.354 e. The van der Waals surface area contributed by atoms with Gasteiger partial charge in [-0.25, -0.2) is 0 Å². The van der Waals surface area contributed by atoms with Crippen LogP contribution in [0.1, 0.15) is 32.3 Å². The molecule has 1 heterocycles. The van der Waals surface area contributed by atoms with Gasteiger partial charge in [0.1, 0.15) is 0 Å². The first-order valence-electron chi connectivity index (χ1n) is 7.39. The van der Waals surface area contributed by atoms with E-state index in [0.717, 1.165) is 5.69 Å². The lowest BCUT2D eigenvalue weighted by Gasteiger charge is -2.31. The van der Waals surface area contributed by atoms with Gasteiger partial charge in [-0.15, -0.1) is 0 Å². The third kappa shape index (κ3) is 4.04. The van der Waals surface area contributed by atoms with E-state index < -0.39 is 0 Å². The fourth-order valence-electron chi connectivity index (χ4n) is 2.35. The Bertz CT molecular complexity index is 511. The second-order valence-electron chi connectivity index (χ2n) is 5.76. The number of amides is 2. The largest absolute Gasteiger partial charge is 0.354 e. The molecule has 0 bridgehead atoms. The van der Waals surface area contributed by atoms with Crippen molar-refractivity contribution in [2.45, 2.75) is 32.7 Å². The predicted octanol–water partition coefficient (Wildman–Crippen LogP) is 1.57. The summed E-state index contributed by atoms with van der Waals surface area (Å²) in [6.07, 6.45) is 0. The summed E-state index contributed by atoms with van der Waals surface area (Å²) in [5.41, 5.74) is 2.03. The summed E-state index contributed by atoms with van der Waals surface area (Å²) in [6, 6.07) is 7.57. The highest BCUT2D eigenvalue weighted by molar-refractivity contribution is 5.95. The van der Waals surface area contributed by atoms with Crippen LogP contribution in [-0.4, -0.2) is 42.4 Å². The van der Waals surface area contributed by atoms with E-state index in [0.29, 0.717) is 19.0 Å². The predicted molar refractivity (Wildman–Crippen MR) is 83.2 cm³/mol. The van der Waals surface area contributed by atoms with Crippen molar-refractivity contribution in [3.8, 4) is 0 Å². The Morgan fingerprint density at radius 3 is 2.48 bits per heavy atom. The van der Waals surface area contributed by atoms with E-state index in [1.54, 1.807) is 0 Å².